The third-order valence-electron chi connectivity index (χ3n) is 2.79. The zero-order chi connectivity index (χ0) is 10.3. The standard InChI is InChI=1S/C11H11N3S/c12-11-14-13-10(15-11)9-5-4-7-2-1-3-8(7)6-9/h4-6H,1-3H2,(H2,12,14). The van der Waals surface area contributed by atoms with E-state index in [2.05, 4.69) is 28.4 Å². The summed E-state index contributed by atoms with van der Waals surface area (Å²) in [5.74, 6) is 0. The van der Waals surface area contributed by atoms with E-state index < -0.39 is 0 Å². The fourth-order valence-electron chi connectivity index (χ4n) is 2.06. The molecule has 0 fully saturated rings. The van der Waals surface area contributed by atoms with Gasteiger partial charge in [0.1, 0.15) is 5.01 Å². The fourth-order valence-corrected chi connectivity index (χ4v) is 2.66. The first-order chi connectivity index (χ1) is 7.33. The van der Waals surface area contributed by atoms with Crippen molar-refractivity contribution >= 4 is 16.5 Å². The van der Waals surface area contributed by atoms with Gasteiger partial charge in [-0.05, 0) is 36.5 Å². The van der Waals surface area contributed by atoms with E-state index in [4.69, 9.17) is 5.73 Å². The lowest BCUT2D eigenvalue weighted by molar-refractivity contribution is 0.912. The fraction of sp³-hybridized carbons (Fsp3) is 0.273. The molecule has 3 rings (SSSR count). The summed E-state index contributed by atoms with van der Waals surface area (Å²) in [5, 5.41) is 9.34. The van der Waals surface area contributed by atoms with Crippen LogP contribution in [0, 0.1) is 0 Å². The summed E-state index contributed by atoms with van der Waals surface area (Å²) in [7, 11) is 0. The lowest BCUT2D eigenvalue weighted by atomic mass is 10.1. The van der Waals surface area contributed by atoms with Crippen molar-refractivity contribution in [3.63, 3.8) is 0 Å². The molecule has 1 aromatic heterocycles. The molecule has 2 aromatic rings. The van der Waals surface area contributed by atoms with Crippen molar-refractivity contribution < 1.29 is 0 Å². The summed E-state index contributed by atoms with van der Waals surface area (Å²) in [4.78, 5) is 0. The summed E-state index contributed by atoms with van der Waals surface area (Å²) in [6.07, 6.45) is 3.68. The first-order valence-corrected chi connectivity index (χ1v) is 5.86. The number of rotatable bonds is 1. The van der Waals surface area contributed by atoms with E-state index >= 15 is 0 Å². The SMILES string of the molecule is Nc1nnc(-c2ccc3c(c2)CCC3)s1. The quantitative estimate of drug-likeness (QED) is 0.797. The van der Waals surface area contributed by atoms with E-state index in [0.29, 0.717) is 5.13 Å². The van der Waals surface area contributed by atoms with Gasteiger partial charge in [-0.3, -0.25) is 0 Å². The first kappa shape index (κ1) is 8.85. The van der Waals surface area contributed by atoms with Crippen molar-refractivity contribution in [2.75, 3.05) is 5.73 Å². The Balaban J connectivity index is 2.06. The Bertz CT molecular complexity index is 504. The number of nitrogens with zero attached hydrogens (tertiary/aromatic N) is 2. The van der Waals surface area contributed by atoms with Crippen molar-refractivity contribution in [1.29, 1.82) is 0 Å². The van der Waals surface area contributed by atoms with Crippen molar-refractivity contribution in [2.45, 2.75) is 19.3 Å². The molecule has 0 saturated heterocycles. The Labute approximate surface area is 92.0 Å². The van der Waals surface area contributed by atoms with Crippen LogP contribution in [0.2, 0.25) is 0 Å². The number of fused-ring (bicyclic) bond motifs is 1. The molecule has 0 atom stereocenters. The highest BCUT2D eigenvalue weighted by molar-refractivity contribution is 7.18. The van der Waals surface area contributed by atoms with Crippen LogP contribution in [-0.4, -0.2) is 10.2 Å². The summed E-state index contributed by atoms with van der Waals surface area (Å²) < 4.78 is 0. The second kappa shape index (κ2) is 3.31. The highest BCUT2D eigenvalue weighted by Gasteiger charge is 2.12. The van der Waals surface area contributed by atoms with Crippen LogP contribution in [0.3, 0.4) is 0 Å². The van der Waals surface area contributed by atoms with Gasteiger partial charge in [-0.25, -0.2) is 0 Å². The van der Waals surface area contributed by atoms with Crippen LogP contribution in [-0.2, 0) is 12.8 Å². The van der Waals surface area contributed by atoms with Gasteiger partial charge in [0.2, 0.25) is 5.13 Å². The molecule has 1 heterocycles. The molecule has 0 aliphatic heterocycles. The molecule has 0 amide bonds. The van der Waals surface area contributed by atoms with E-state index in [1.165, 1.54) is 41.7 Å². The van der Waals surface area contributed by atoms with Gasteiger partial charge in [-0.2, -0.15) is 0 Å². The molecule has 0 saturated carbocycles. The maximum atomic E-state index is 5.57. The maximum Gasteiger partial charge on any atom is 0.203 e. The van der Waals surface area contributed by atoms with Crippen molar-refractivity contribution in [1.82, 2.24) is 10.2 Å². The minimum absolute atomic E-state index is 0.533. The molecule has 15 heavy (non-hydrogen) atoms. The van der Waals surface area contributed by atoms with Gasteiger partial charge in [-0.1, -0.05) is 23.5 Å². The van der Waals surface area contributed by atoms with Crippen LogP contribution in [0.25, 0.3) is 10.6 Å². The molecule has 2 N–H and O–H groups in total. The van der Waals surface area contributed by atoms with Crippen LogP contribution in [0.4, 0.5) is 5.13 Å². The molecule has 1 aromatic carbocycles. The van der Waals surface area contributed by atoms with E-state index in [9.17, 15) is 0 Å². The second-order valence-corrected chi connectivity index (χ2v) is 4.79. The van der Waals surface area contributed by atoms with Crippen molar-refractivity contribution in [2.24, 2.45) is 0 Å². The van der Waals surface area contributed by atoms with Crippen LogP contribution >= 0.6 is 11.3 Å². The Hall–Kier alpha value is -1.42. The average Bonchev–Trinajstić information content (AvgIpc) is 2.84. The zero-order valence-corrected chi connectivity index (χ0v) is 9.05. The minimum atomic E-state index is 0.533. The van der Waals surface area contributed by atoms with Crippen LogP contribution < -0.4 is 5.73 Å². The van der Waals surface area contributed by atoms with Gasteiger partial charge in [0.15, 0.2) is 0 Å². The van der Waals surface area contributed by atoms with Gasteiger partial charge in [-0.15, -0.1) is 10.2 Å². The van der Waals surface area contributed by atoms with Gasteiger partial charge < -0.3 is 5.73 Å². The summed E-state index contributed by atoms with van der Waals surface area (Å²) >= 11 is 1.44. The van der Waals surface area contributed by atoms with Gasteiger partial charge in [0.25, 0.3) is 0 Å². The summed E-state index contributed by atoms with van der Waals surface area (Å²) in [6.45, 7) is 0. The lowest BCUT2D eigenvalue weighted by Crippen LogP contribution is -1.84. The number of anilines is 1. The molecular weight excluding hydrogens is 206 g/mol. The van der Waals surface area contributed by atoms with Crippen LogP contribution in [0.15, 0.2) is 18.2 Å². The van der Waals surface area contributed by atoms with Crippen molar-refractivity contribution in [3.05, 3.63) is 29.3 Å². The van der Waals surface area contributed by atoms with E-state index in [1.807, 2.05) is 0 Å². The zero-order valence-electron chi connectivity index (χ0n) is 8.23. The molecule has 1 aliphatic rings. The highest BCUT2D eigenvalue weighted by atomic mass is 32.1. The van der Waals surface area contributed by atoms with Crippen LogP contribution in [0.5, 0.6) is 0 Å². The number of nitrogens with two attached hydrogens (primary N) is 1. The van der Waals surface area contributed by atoms with Gasteiger partial charge in [0, 0.05) is 5.56 Å². The minimum Gasteiger partial charge on any atom is -0.374 e. The molecule has 4 heteroatoms. The molecular formula is C11H11N3S. The number of benzene rings is 1. The predicted molar refractivity (Wildman–Crippen MR) is 61.8 cm³/mol. The number of hydrogen-bond donors (Lipinski definition) is 1. The smallest absolute Gasteiger partial charge is 0.203 e. The number of aromatic nitrogens is 2. The molecule has 0 radical (unpaired) electrons. The van der Waals surface area contributed by atoms with E-state index in [1.54, 1.807) is 0 Å². The summed E-state index contributed by atoms with van der Waals surface area (Å²) in [5.41, 5.74) is 9.66. The largest absolute Gasteiger partial charge is 0.374 e. The molecule has 0 unspecified atom stereocenters. The summed E-state index contributed by atoms with van der Waals surface area (Å²) in [6, 6.07) is 6.54. The Morgan fingerprint density at radius 3 is 2.80 bits per heavy atom. The first-order valence-electron chi connectivity index (χ1n) is 5.04. The Kier molecular flexibility index (Phi) is 1.95. The maximum absolute atomic E-state index is 5.57. The topological polar surface area (TPSA) is 51.8 Å². The predicted octanol–water partition coefficient (Wildman–Crippen LogP) is 2.28. The second-order valence-electron chi connectivity index (χ2n) is 3.78. The Morgan fingerprint density at radius 1 is 1.13 bits per heavy atom. The molecule has 0 bridgehead atoms. The van der Waals surface area contributed by atoms with Gasteiger partial charge in [0.05, 0.1) is 0 Å². The molecule has 0 spiro atoms. The number of aryl methyl sites for hydroxylation is 2. The van der Waals surface area contributed by atoms with Crippen LogP contribution in [0.1, 0.15) is 17.5 Å². The molecule has 1 aliphatic carbocycles. The average molecular weight is 217 g/mol. The molecule has 3 nitrogen and oxygen atoms in total. The third-order valence-corrected chi connectivity index (χ3v) is 3.59. The monoisotopic (exact) mass is 217 g/mol. The third kappa shape index (κ3) is 1.51. The van der Waals surface area contributed by atoms with Crippen molar-refractivity contribution in [3.8, 4) is 10.6 Å². The highest BCUT2D eigenvalue weighted by Crippen LogP contribution is 2.30. The number of hydrogen-bond acceptors (Lipinski definition) is 4. The lowest BCUT2D eigenvalue weighted by Gasteiger charge is -2.00. The van der Waals surface area contributed by atoms with E-state index in [0.717, 1.165) is 10.6 Å². The molecule has 76 valence electrons. The normalized spacial score (nSPS) is 14.1. The van der Waals surface area contributed by atoms with Gasteiger partial charge >= 0.3 is 0 Å². The van der Waals surface area contributed by atoms with E-state index in [-0.39, 0.29) is 0 Å². The number of nitrogen functional groups attached to an aromatic ring is 1. The Morgan fingerprint density at radius 2 is 2.00 bits per heavy atom.